The molecule has 2 aromatic carbocycles. The summed E-state index contributed by atoms with van der Waals surface area (Å²) in [6.07, 6.45) is -1.11. The summed E-state index contributed by atoms with van der Waals surface area (Å²) < 4.78 is 41.2. The maximum atomic E-state index is 13.2. The lowest BCUT2D eigenvalue weighted by atomic mass is 10.0. The zero-order valence-corrected chi connectivity index (χ0v) is 16.2. The summed E-state index contributed by atoms with van der Waals surface area (Å²) in [5.41, 5.74) is 4.98. The minimum absolute atomic E-state index is 0.452. The molecule has 3 nitrogen and oxygen atoms in total. The quantitative estimate of drug-likeness (QED) is 0.403. The number of hydrogen-bond donors (Lipinski definition) is 0. The first-order valence-corrected chi connectivity index (χ1v) is 9.49. The van der Waals surface area contributed by atoms with Gasteiger partial charge in [-0.3, -0.25) is 0 Å². The molecule has 0 amide bonds. The van der Waals surface area contributed by atoms with Crippen LogP contribution in [0.1, 0.15) is 30.2 Å². The van der Waals surface area contributed by atoms with Crippen LogP contribution >= 0.6 is 0 Å². The Morgan fingerprint density at radius 3 is 2.41 bits per heavy atom. The topological polar surface area (TPSA) is 30.2 Å². The molecule has 6 heteroatoms. The van der Waals surface area contributed by atoms with Crippen LogP contribution in [-0.4, -0.2) is 14.6 Å². The zero-order valence-electron chi connectivity index (χ0n) is 16.2. The van der Waals surface area contributed by atoms with Crippen molar-refractivity contribution in [1.82, 2.24) is 14.6 Å². The van der Waals surface area contributed by atoms with E-state index < -0.39 is 11.7 Å². The van der Waals surface area contributed by atoms with Gasteiger partial charge in [0.2, 0.25) is 0 Å². The summed E-state index contributed by atoms with van der Waals surface area (Å²) in [5, 5.41) is 4.74. The van der Waals surface area contributed by atoms with Gasteiger partial charge in [-0.1, -0.05) is 55.3 Å². The van der Waals surface area contributed by atoms with Crippen molar-refractivity contribution in [3.05, 3.63) is 77.6 Å². The van der Waals surface area contributed by atoms with Crippen molar-refractivity contribution in [2.24, 2.45) is 0 Å². The first-order valence-electron chi connectivity index (χ1n) is 9.49. The molecule has 0 N–H and O–H groups in total. The summed E-state index contributed by atoms with van der Waals surface area (Å²) in [6, 6.07) is 15.1. The molecular formula is C23H20F3N3. The summed E-state index contributed by atoms with van der Waals surface area (Å²) in [6.45, 7) is 4.10. The molecule has 2 heterocycles. The van der Waals surface area contributed by atoms with Crippen molar-refractivity contribution in [3.8, 4) is 22.4 Å². The van der Waals surface area contributed by atoms with E-state index >= 15 is 0 Å². The molecule has 4 aromatic rings. The third-order valence-corrected chi connectivity index (χ3v) is 4.90. The minimum atomic E-state index is -4.40. The molecule has 0 saturated carbocycles. The predicted molar refractivity (Wildman–Crippen MR) is 108 cm³/mol. The summed E-state index contributed by atoms with van der Waals surface area (Å²) in [7, 11) is 0. The summed E-state index contributed by atoms with van der Waals surface area (Å²) in [4.78, 5) is 4.52. The first kappa shape index (κ1) is 19.2. The van der Waals surface area contributed by atoms with Crippen molar-refractivity contribution < 1.29 is 13.2 Å². The van der Waals surface area contributed by atoms with Crippen LogP contribution in [-0.2, 0) is 12.6 Å². The van der Waals surface area contributed by atoms with Gasteiger partial charge in [0, 0.05) is 17.3 Å². The van der Waals surface area contributed by atoms with E-state index in [2.05, 4.69) is 11.9 Å². The van der Waals surface area contributed by atoms with E-state index in [1.807, 2.05) is 31.2 Å². The van der Waals surface area contributed by atoms with Gasteiger partial charge in [0.15, 0.2) is 5.65 Å². The number of aromatic nitrogens is 3. The number of aryl methyl sites for hydroxylation is 2. The first-order chi connectivity index (χ1) is 13.9. The lowest BCUT2D eigenvalue weighted by Crippen LogP contribution is -2.05. The molecule has 0 spiro atoms. The summed E-state index contributed by atoms with van der Waals surface area (Å²) >= 11 is 0. The maximum absolute atomic E-state index is 13.2. The third-order valence-electron chi connectivity index (χ3n) is 4.90. The Bertz CT molecular complexity index is 1160. The van der Waals surface area contributed by atoms with Gasteiger partial charge in [0.25, 0.3) is 0 Å². The van der Waals surface area contributed by atoms with Crippen LogP contribution in [0.4, 0.5) is 13.2 Å². The molecule has 0 unspecified atom stereocenters. The van der Waals surface area contributed by atoms with E-state index in [4.69, 9.17) is 5.10 Å². The van der Waals surface area contributed by atoms with Crippen LogP contribution in [0, 0.1) is 6.92 Å². The van der Waals surface area contributed by atoms with Crippen LogP contribution in [0.25, 0.3) is 28.0 Å². The van der Waals surface area contributed by atoms with Gasteiger partial charge in [-0.2, -0.15) is 18.3 Å². The fourth-order valence-corrected chi connectivity index (χ4v) is 3.49. The van der Waals surface area contributed by atoms with Crippen LogP contribution in [0.3, 0.4) is 0 Å². The smallest absolute Gasteiger partial charge is 0.236 e. The molecule has 0 bridgehead atoms. The molecule has 0 aliphatic rings. The average molecular weight is 395 g/mol. The van der Waals surface area contributed by atoms with Crippen molar-refractivity contribution >= 4 is 5.65 Å². The molecule has 0 aliphatic carbocycles. The van der Waals surface area contributed by atoms with Gasteiger partial charge >= 0.3 is 6.18 Å². The van der Waals surface area contributed by atoms with Crippen LogP contribution in [0.5, 0.6) is 0 Å². The van der Waals surface area contributed by atoms with Crippen LogP contribution in [0.15, 0.2) is 60.8 Å². The predicted octanol–water partition coefficient (Wildman–Crippen LogP) is 6.34. The van der Waals surface area contributed by atoms with E-state index in [-0.39, 0.29) is 0 Å². The number of alkyl halides is 3. The van der Waals surface area contributed by atoms with Gasteiger partial charge in [0.1, 0.15) is 0 Å². The van der Waals surface area contributed by atoms with Crippen molar-refractivity contribution in [2.45, 2.75) is 32.9 Å². The Morgan fingerprint density at radius 1 is 0.966 bits per heavy atom. The fourth-order valence-electron chi connectivity index (χ4n) is 3.49. The lowest BCUT2D eigenvalue weighted by Gasteiger charge is -2.10. The molecule has 0 fully saturated rings. The molecule has 2 aromatic heterocycles. The minimum Gasteiger partial charge on any atom is -0.236 e. The molecule has 29 heavy (non-hydrogen) atoms. The molecule has 4 rings (SSSR count). The largest absolute Gasteiger partial charge is 0.416 e. The standard InChI is InChI=1S/C23H20F3N3/c1-3-5-19-21(16-10-8-15(2)9-11-16)22-27-13-12-20(29(22)28-19)17-6-4-7-18(14-17)23(24,25)26/h4,6-14H,3,5H2,1-2H3. The highest BCUT2D eigenvalue weighted by Crippen LogP contribution is 2.34. The second-order valence-corrected chi connectivity index (χ2v) is 7.08. The second-order valence-electron chi connectivity index (χ2n) is 7.08. The molecular weight excluding hydrogens is 375 g/mol. The van der Waals surface area contributed by atoms with E-state index in [1.165, 1.54) is 6.07 Å². The number of hydrogen-bond acceptors (Lipinski definition) is 2. The van der Waals surface area contributed by atoms with Crippen molar-refractivity contribution in [1.29, 1.82) is 0 Å². The highest BCUT2D eigenvalue weighted by atomic mass is 19.4. The average Bonchev–Trinajstić information content (AvgIpc) is 3.06. The van der Waals surface area contributed by atoms with Gasteiger partial charge in [0.05, 0.1) is 17.0 Å². The number of benzene rings is 2. The second kappa shape index (κ2) is 7.35. The Kier molecular flexibility index (Phi) is 4.86. The number of halogens is 3. The zero-order chi connectivity index (χ0) is 20.6. The van der Waals surface area contributed by atoms with E-state index in [1.54, 1.807) is 22.8 Å². The number of rotatable bonds is 4. The van der Waals surface area contributed by atoms with Crippen LogP contribution < -0.4 is 0 Å². The van der Waals surface area contributed by atoms with Gasteiger partial charge < -0.3 is 0 Å². The van der Waals surface area contributed by atoms with Crippen molar-refractivity contribution in [2.75, 3.05) is 0 Å². The highest BCUT2D eigenvalue weighted by Gasteiger charge is 2.30. The fraction of sp³-hybridized carbons (Fsp3) is 0.217. The monoisotopic (exact) mass is 395 g/mol. The van der Waals surface area contributed by atoms with E-state index in [0.717, 1.165) is 47.4 Å². The number of fused-ring (bicyclic) bond motifs is 1. The van der Waals surface area contributed by atoms with Gasteiger partial charge in [-0.05, 0) is 37.1 Å². The Balaban J connectivity index is 1.95. The van der Waals surface area contributed by atoms with Gasteiger partial charge in [-0.25, -0.2) is 9.50 Å². The Labute approximate surface area is 166 Å². The van der Waals surface area contributed by atoms with E-state index in [0.29, 0.717) is 16.9 Å². The molecule has 0 radical (unpaired) electrons. The normalized spacial score (nSPS) is 11.9. The van der Waals surface area contributed by atoms with Gasteiger partial charge in [-0.15, -0.1) is 0 Å². The molecule has 0 aliphatic heterocycles. The summed E-state index contributed by atoms with van der Waals surface area (Å²) in [5.74, 6) is 0. The van der Waals surface area contributed by atoms with Crippen molar-refractivity contribution in [3.63, 3.8) is 0 Å². The third kappa shape index (κ3) is 3.62. The Hall–Kier alpha value is -3.15. The van der Waals surface area contributed by atoms with E-state index in [9.17, 15) is 13.2 Å². The molecule has 148 valence electrons. The number of nitrogens with zero attached hydrogens (tertiary/aromatic N) is 3. The maximum Gasteiger partial charge on any atom is 0.416 e. The molecule has 0 saturated heterocycles. The SMILES string of the molecule is CCCc1nn2c(-c3cccc(C(F)(F)F)c3)ccnc2c1-c1ccc(C)cc1. The highest BCUT2D eigenvalue weighted by molar-refractivity contribution is 5.81. The molecule has 0 atom stereocenters. The van der Waals surface area contributed by atoms with Crippen LogP contribution in [0.2, 0.25) is 0 Å². The lowest BCUT2D eigenvalue weighted by molar-refractivity contribution is -0.137. The Morgan fingerprint density at radius 2 is 1.72 bits per heavy atom.